The van der Waals surface area contributed by atoms with E-state index in [2.05, 4.69) is 29.2 Å². The first kappa shape index (κ1) is 17.5. The molecule has 3 nitrogen and oxygen atoms in total. The molecule has 0 unspecified atom stereocenters. The third kappa shape index (κ3) is 3.48. The van der Waals surface area contributed by atoms with E-state index in [0.717, 1.165) is 39.1 Å². The van der Waals surface area contributed by atoms with Crippen molar-refractivity contribution >= 4 is 22.6 Å². The Labute approximate surface area is 173 Å². The largest absolute Gasteiger partial charge is 0.248 e. The molecule has 0 saturated heterocycles. The molecule has 29 heavy (non-hydrogen) atoms. The molecule has 0 fully saturated rings. The van der Waals surface area contributed by atoms with Crippen LogP contribution in [0.15, 0.2) is 97.1 Å². The molecular formula is C25H16ClN3. The minimum Gasteiger partial charge on any atom is -0.248 e. The van der Waals surface area contributed by atoms with Gasteiger partial charge in [0, 0.05) is 16.7 Å². The van der Waals surface area contributed by atoms with Crippen molar-refractivity contribution in [2.24, 2.45) is 0 Å². The Morgan fingerprint density at radius 2 is 0.966 bits per heavy atom. The van der Waals surface area contributed by atoms with Gasteiger partial charge in [0.25, 0.3) is 0 Å². The average Bonchev–Trinajstić information content (AvgIpc) is 2.79. The van der Waals surface area contributed by atoms with Crippen LogP contribution in [0.1, 0.15) is 0 Å². The normalized spacial score (nSPS) is 10.9. The van der Waals surface area contributed by atoms with E-state index in [0.29, 0.717) is 10.8 Å². The molecular weight excluding hydrogens is 378 g/mol. The van der Waals surface area contributed by atoms with Gasteiger partial charge < -0.3 is 0 Å². The van der Waals surface area contributed by atoms with Crippen LogP contribution in [0.5, 0.6) is 0 Å². The Bertz CT molecular complexity index is 1240. The topological polar surface area (TPSA) is 38.7 Å². The Morgan fingerprint density at radius 3 is 1.52 bits per heavy atom. The molecule has 0 aliphatic carbocycles. The fraction of sp³-hybridized carbons (Fsp3) is 0. The maximum atomic E-state index is 6.54. The first-order valence-electron chi connectivity index (χ1n) is 9.33. The number of nitrogens with zero attached hydrogens (tertiary/aromatic N) is 3. The second kappa shape index (κ2) is 7.46. The number of pyridine rings is 1. The molecule has 4 heteroatoms. The molecule has 3 aromatic carbocycles. The predicted octanol–water partition coefficient (Wildman–Crippen LogP) is 6.68. The molecule has 5 rings (SSSR count). The van der Waals surface area contributed by atoms with Crippen LogP contribution in [0, 0.1) is 0 Å². The number of para-hydroxylation sites is 2. The highest BCUT2D eigenvalue weighted by atomic mass is 35.5. The fourth-order valence-electron chi connectivity index (χ4n) is 3.34. The third-order valence-electron chi connectivity index (χ3n) is 4.77. The summed E-state index contributed by atoms with van der Waals surface area (Å²) in [5.41, 5.74) is 6.95. The third-order valence-corrected chi connectivity index (χ3v) is 5.03. The lowest BCUT2D eigenvalue weighted by molar-refractivity contribution is 1.27. The van der Waals surface area contributed by atoms with Gasteiger partial charge in [0.15, 0.2) is 5.15 Å². The summed E-state index contributed by atoms with van der Waals surface area (Å²) in [6.45, 7) is 0. The molecule has 2 heterocycles. The van der Waals surface area contributed by atoms with Crippen molar-refractivity contribution in [3.63, 3.8) is 0 Å². The molecule has 138 valence electrons. The predicted molar refractivity (Wildman–Crippen MR) is 119 cm³/mol. The summed E-state index contributed by atoms with van der Waals surface area (Å²) in [6, 6.07) is 32.0. The Kier molecular flexibility index (Phi) is 4.51. The van der Waals surface area contributed by atoms with Crippen LogP contribution in [0.3, 0.4) is 0 Å². The van der Waals surface area contributed by atoms with Gasteiger partial charge in [-0.05, 0) is 24.3 Å². The van der Waals surface area contributed by atoms with E-state index in [-0.39, 0.29) is 0 Å². The Balaban J connectivity index is 1.75. The second-order valence-corrected chi connectivity index (χ2v) is 7.07. The SMILES string of the molecule is Clc1nc2ccccc2nc1-c1cc(-c2ccccc2)nc(-c2ccccc2)c1. The highest BCUT2D eigenvalue weighted by Gasteiger charge is 2.14. The van der Waals surface area contributed by atoms with Gasteiger partial charge in [0.1, 0.15) is 5.69 Å². The lowest BCUT2D eigenvalue weighted by Crippen LogP contribution is -1.95. The number of hydrogen-bond acceptors (Lipinski definition) is 3. The Hall–Kier alpha value is -3.56. The molecule has 0 saturated carbocycles. The lowest BCUT2D eigenvalue weighted by atomic mass is 10.0. The van der Waals surface area contributed by atoms with Gasteiger partial charge >= 0.3 is 0 Å². The van der Waals surface area contributed by atoms with Gasteiger partial charge in [-0.1, -0.05) is 84.4 Å². The van der Waals surface area contributed by atoms with Crippen LogP contribution in [0.2, 0.25) is 5.15 Å². The summed E-state index contributed by atoms with van der Waals surface area (Å²) < 4.78 is 0. The van der Waals surface area contributed by atoms with Crippen molar-refractivity contribution in [2.45, 2.75) is 0 Å². The van der Waals surface area contributed by atoms with Crippen molar-refractivity contribution in [1.29, 1.82) is 0 Å². The lowest BCUT2D eigenvalue weighted by Gasteiger charge is -2.11. The quantitative estimate of drug-likeness (QED) is 0.343. The van der Waals surface area contributed by atoms with Crippen LogP contribution in [0.4, 0.5) is 0 Å². The van der Waals surface area contributed by atoms with E-state index in [1.165, 1.54) is 0 Å². The van der Waals surface area contributed by atoms with E-state index in [1.807, 2.05) is 72.8 Å². The fourth-order valence-corrected chi connectivity index (χ4v) is 3.59. The van der Waals surface area contributed by atoms with Crippen molar-refractivity contribution in [1.82, 2.24) is 15.0 Å². The van der Waals surface area contributed by atoms with Gasteiger partial charge in [0.05, 0.1) is 22.4 Å². The number of rotatable bonds is 3. The summed E-state index contributed by atoms with van der Waals surface area (Å²) in [6.07, 6.45) is 0. The summed E-state index contributed by atoms with van der Waals surface area (Å²) in [5, 5.41) is 0.382. The Morgan fingerprint density at radius 1 is 0.483 bits per heavy atom. The maximum absolute atomic E-state index is 6.54. The molecule has 0 atom stereocenters. The van der Waals surface area contributed by atoms with Crippen molar-refractivity contribution in [3.8, 4) is 33.8 Å². The summed E-state index contributed by atoms with van der Waals surface area (Å²) in [7, 11) is 0. The maximum Gasteiger partial charge on any atom is 0.156 e. The minimum absolute atomic E-state index is 0.382. The summed E-state index contributed by atoms with van der Waals surface area (Å²) >= 11 is 6.54. The van der Waals surface area contributed by atoms with E-state index in [1.54, 1.807) is 0 Å². The van der Waals surface area contributed by atoms with Crippen molar-refractivity contribution in [2.75, 3.05) is 0 Å². The average molecular weight is 394 g/mol. The molecule has 0 spiro atoms. The van der Waals surface area contributed by atoms with E-state index in [4.69, 9.17) is 21.6 Å². The van der Waals surface area contributed by atoms with Crippen LogP contribution in [-0.2, 0) is 0 Å². The number of halogens is 1. The zero-order valence-corrected chi connectivity index (χ0v) is 16.2. The zero-order valence-electron chi connectivity index (χ0n) is 15.5. The molecule has 0 N–H and O–H groups in total. The zero-order chi connectivity index (χ0) is 19.6. The van der Waals surface area contributed by atoms with E-state index >= 15 is 0 Å². The van der Waals surface area contributed by atoms with Crippen LogP contribution in [0.25, 0.3) is 44.8 Å². The van der Waals surface area contributed by atoms with Crippen LogP contribution < -0.4 is 0 Å². The number of hydrogen-bond donors (Lipinski definition) is 0. The highest BCUT2D eigenvalue weighted by Crippen LogP contribution is 2.32. The first-order chi connectivity index (χ1) is 14.3. The molecule has 0 aliphatic rings. The first-order valence-corrected chi connectivity index (χ1v) is 9.71. The number of benzene rings is 3. The molecule has 0 aliphatic heterocycles. The molecule has 0 bridgehead atoms. The van der Waals surface area contributed by atoms with Gasteiger partial charge in [-0.25, -0.2) is 15.0 Å². The van der Waals surface area contributed by atoms with Gasteiger partial charge in [0.2, 0.25) is 0 Å². The minimum atomic E-state index is 0.382. The number of aromatic nitrogens is 3. The molecule has 5 aromatic rings. The van der Waals surface area contributed by atoms with Gasteiger partial charge in [-0.3, -0.25) is 0 Å². The number of fused-ring (bicyclic) bond motifs is 1. The van der Waals surface area contributed by atoms with Crippen LogP contribution in [-0.4, -0.2) is 15.0 Å². The van der Waals surface area contributed by atoms with Crippen molar-refractivity contribution in [3.05, 3.63) is 102 Å². The van der Waals surface area contributed by atoms with Crippen LogP contribution >= 0.6 is 11.6 Å². The standard InChI is InChI=1S/C25H16ClN3/c26-25-24(28-20-13-7-8-14-21(20)29-25)19-15-22(17-9-3-1-4-10-17)27-23(16-19)18-11-5-2-6-12-18/h1-16H. The molecule has 0 amide bonds. The molecule has 2 aromatic heterocycles. The second-order valence-electron chi connectivity index (χ2n) is 6.71. The van der Waals surface area contributed by atoms with Gasteiger partial charge in [-0.15, -0.1) is 0 Å². The summed E-state index contributed by atoms with van der Waals surface area (Å²) in [4.78, 5) is 14.2. The summed E-state index contributed by atoms with van der Waals surface area (Å²) in [5.74, 6) is 0. The molecule has 0 radical (unpaired) electrons. The smallest absolute Gasteiger partial charge is 0.156 e. The van der Waals surface area contributed by atoms with Gasteiger partial charge in [-0.2, -0.15) is 0 Å². The van der Waals surface area contributed by atoms with E-state index < -0.39 is 0 Å². The van der Waals surface area contributed by atoms with E-state index in [9.17, 15) is 0 Å². The highest BCUT2D eigenvalue weighted by molar-refractivity contribution is 6.32. The van der Waals surface area contributed by atoms with Crippen molar-refractivity contribution < 1.29 is 0 Å². The monoisotopic (exact) mass is 393 g/mol.